The fourth-order valence-corrected chi connectivity index (χ4v) is 3.23. The SMILES string of the molecule is CC(C)NCC1(Cc2cscn2)CCCC1. The van der Waals surface area contributed by atoms with Crippen LogP contribution in [0.1, 0.15) is 45.2 Å². The average Bonchev–Trinajstić information content (AvgIpc) is 2.88. The molecular formula is C13H22N2S. The molecule has 90 valence electrons. The van der Waals surface area contributed by atoms with E-state index in [1.807, 2.05) is 5.51 Å². The molecule has 0 radical (unpaired) electrons. The molecule has 0 saturated heterocycles. The lowest BCUT2D eigenvalue weighted by Gasteiger charge is -2.29. The van der Waals surface area contributed by atoms with E-state index in [1.165, 1.54) is 31.4 Å². The molecule has 16 heavy (non-hydrogen) atoms. The summed E-state index contributed by atoms with van der Waals surface area (Å²) in [6.45, 7) is 5.61. The Morgan fingerprint density at radius 3 is 2.75 bits per heavy atom. The van der Waals surface area contributed by atoms with E-state index in [2.05, 4.69) is 29.5 Å². The average molecular weight is 238 g/mol. The van der Waals surface area contributed by atoms with Crippen molar-refractivity contribution in [1.82, 2.24) is 10.3 Å². The summed E-state index contributed by atoms with van der Waals surface area (Å²) in [7, 11) is 0. The van der Waals surface area contributed by atoms with E-state index in [0.717, 1.165) is 13.0 Å². The van der Waals surface area contributed by atoms with Gasteiger partial charge in [0.05, 0.1) is 11.2 Å². The summed E-state index contributed by atoms with van der Waals surface area (Å²) in [4.78, 5) is 4.44. The number of hydrogen-bond acceptors (Lipinski definition) is 3. The minimum absolute atomic E-state index is 0.484. The quantitative estimate of drug-likeness (QED) is 0.852. The predicted octanol–water partition coefficient (Wildman–Crippen LogP) is 3.24. The van der Waals surface area contributed by atoms with Crippen molar-refractivity contribution in [2.75, 3.05) is 6.54 Å². The molecule has 1 aliphatic rings. The zero-order valence-electron chi connectivity index (χ0n) is 10.3. The highest BCUT2D eigenvalue weighted by atomic mass is 32.1. The normalized spacial score (nSPS) is 19.4. The van der Waals surface area contributed by atoms with E-state index in [4.69, 9.17) is 0 Å². The van der Waals surface area contributed by atoms with Gasteiger partial charge in [-0.25, -0.2) is 4.98 Å². The topological polar surface area (TPSA) is 24.9 Å². The largest absolute Gasteiger partial charge is 0.314 e. The Labute approximate surface area is 102 Å². The lowest BCUT2D eigenvalue weighted by molar-refractivity contribution is 0.267. The van der Waals surface area contributed by atoms with E-state index in [-0.39, 0.29) is 0 Å². The van der Waals surface area contributed by atoms with E-state index in [9.17, 15) is 0 Å². The van der Waals surface area contributed by atoms with Crippen molar-refractivity contribution in [3.63, 3.8) is 0 Å². The minimum atomic E-state index is 0.484. The van der Waals surface area contributed by atoms with Gasteiger partial charge in [-0.2, -0.15) is 0 Å². The maximum absolute atomic E-state index is 4.44. The van der Waals surface area contributed by atoms with Gasteiger partial charge in [0, 0.05) is 18.0 Å². The standard InChI is InChI=1S/C13H22N2S/c1-11(2)14-9-13(5-3-4-6-13)7-12-8-16-10-15-12/h8,10-11,14H,3-7,9H2,1-2H3. The zero-order chi connectivity index (χ0) is 11.4. The van der Waals surface area contributed by atoms with Crippen molar-refractivity contribution in [2.24, 2.45) is 5.41 Å². The number of nitrogens with one attached hydrogen (secondary N) is 1. The predicted molar refractivity (Wildman–Crippen MR) is 69.9 cm³/mol. The number of thiazole rings is 1. The van der Waals surface area contributed by atoms with Crippen LogP contribution in [0.15, 0.2) is 10.9 Å². The van der Waals surface area contributed by atoms with Crippen LogP contribution in [-0.2, 0) is 6.42 Å². The number of rotatable bonds is 5. The van der Waals surface area contributed by atoms with Crippen LogP contribution in [0.5, 0.6) is 0 Å². The van der Waals surface area contributed by atoms with E-state index >= 15 is 0 Å². The van der Waals surface area contributed by atoms with Gasteiger partial charge in [-0.1, -0.05) is 26.7 Å². The summed E-state index contributed by atoms with van der Waals surface area (Å²) < 4.78 is 0. The first-order valence-corrected chi connectivity index (χ1v) is 7.25. The maximum Gasteiger partial charge on any atom is 0.0794 e. The Morgan fingerprint density at radius 2 is 2.19 bits per heavy atom. The summed E-state index contributed by atoms with van der Waals surface area (Å²) in [5.74, 6) is 0. The van der Waals surface area contributed by atoms with Crippen LogP contribution >= 0.6 is 11.3 Å². The van der Waals surface area contributed by atoms with Crippen LogP contribution in [0.4, 0.5) is 0 Å². The van der Waals surface area contributed by atoms with Gasteiger partial charge < -0.3 is 5.32 Å². The Balaban J connectivity index is 1.98. The summed E-state index contributed by atoms with van der Waals surface area (Å²) in [5.41, 5.74) is 3.73. The fraction of sp³-hybridized carbons (Fsp3) is 0.769. The maximum atomic E-state index is 4.44. The Morgan fingerprint density at radius 1 is 1.44 bits per heavy atom. The van der Waals surface area contributed by atoms with E-state index in [0.29, 0.717) is 11.5 Å². The first-order valence-electron chi connectivity index (χ1n) is 6.31. The van der Waals surface area contributed by atoms with Gasteiger partial charge in [0.2, 0.25) is 0 Å². The second-order valence-electron chi connectivity index (χ2n) is 5.40. The molecule has 1 N–H and O–H groups in total. The molecule has 0 atom stereocenters. The molecule has 0 bridgehead atoms. The van der Waals surface area contributed by atoms with E-state index in [1.54, 1.807) is 11.3 Å². The van der Waals surface area contributed by atoms with E-state index < -0.39 is 0 Å². The Bertz CT molecular complexity index is 300. The van der Waals surface area contributed by atoms with Crippen molar-refractivity contribution in [3.8, 4) is 0 Å². The Kier molecular flexibility index (Phi) is 3.98. The van der Waals surface area contributed by atoms with Gasteiger partial charge in [0.1, 0.15) is 0 Å². The van der Waals surface area contributed by atoms with Gasteiger partial charge in [-0.15, -0.1) is 11.3 Å². The molecule has 0 amide bonds. The molecule has 2 rings (SSSR count). The summed E-state index contributed by atoms with van der Waals surface area (Å²) >= 11 is 1.71. The van der Waals surface area contributed by atoms with Gasteiger partial charge in [-0.3, -0.25) is 0 Å². The molecule has 0 unspecified atom stereocenters. The molecule has 1 fully saturated rings. The monoisotopic (exact) mass is 238 g/mol. The number of nitrogens with zero attached hydrogens (tertiary/aromatic N) is 1. The molecule has 3 heteroatoms. The molecular weight excluding hydrogens is 216 g/mol. The molecule has 0 aromatic carbocycles. The molecule has 1 aliphatic carbocycles. The van der Waals surface area contributed by atoms with Crippen molar-refractivity contribution in [1.29, 1.82) is 0 Å². The molecule has 1 aromatic heterocycles. The van der Waals surface area contributed by atoms with Crippen molar-refractivity contribution in [2.45, 2.75) is 52.0 Å². The van der Waals surface area contributed by atoms with Crippen molar-refractivity contribution >= 4 is 11.3 Å². The van der Waals surface area contributed by atoms with Crippen molar-refractivity contribution in [3.05, 3.63) is 16.6 Å². The van der Waals surface area contributed by atoms with Gasteiger partial charge in [0.15, 0.2) is 0 Å². The first-order chi connectivity index (χ1) is 7.70. The molecule has 1 aromatic rings. The third-order valence-electron chi connectivity index (χ3n) is 3.59. The lowest BCUT2D eigenvalue weighted by Crippen LogP contribution is -2.37. The summed E-state index contributed by atoms with van der Waals surface area (Å²) in [6.07, 6.45) is 6.68. The smallest absolute Gasteiger partial charge is 0.0794 e. The van der Waals surface area contributed by atoms with Crippen LogP contribution in [0.25, 0.3) is 0 Å². The minimum Gasteiger partial charge on any atom is -0.314 e. The number of aromatic nitrogens is 1. The van der Waals surface area contributed by atoms with Gasteiger partial charge >= 0.3 is 0 Å². The third-order valence-corrected chi connectivity index (χ3v) is 4.22. The summed E-state index contributed by atoms with van der Waals surface area (Å²) in [6, 6.07) is 0.591. The highest BCUT2D eigenvalue weighted by molar-refractivity contribution is 7.07. The number of hydrogen-bond donors (Lipinski definition) is 1. The van der Waals surface area contributed by atoms with Gasteiger partial charge in [-0.05, 0) is 24.7 Å². The lowest BCUT2D eigenvalue weighted by atomic mass is 9.81. The molecule has 1 saturated carbocycles. The molecule has 0 spiro atoms. The highest BCUT2D eigenvalue weighted by Crippen LogP contribution is 2.40. The molecule has 0 aliphatic heterocycles. The second-order valence-corrected chi connectivity index (χ2v) is 6.12. The van der Waals surface area contributed by atoms with Crippen LogP contribution in [0.2, 0.25) is 0 Å². The highest BCUT2D eigenvalue weighted by Gasteiger charge is 2.34. The van der Waals surface area contributed by atoms with Crippen molar-refractivity contribution < 1.29 is 0 Å². The second kappa shape index (κ2) is 5.28. The fourth-order valence-electron chi connectivity index (χ4n) is 2.67. The van der Waals surface area contributed by atoms with Gasteiger partial charge in [0.25, 0.3) is 0 Å². The molecule has 2 nitrogen and oxygen atoms in total. The van der Waals surface area contributed by atoms with Crippen LogP contribution in [-0.4, -0.2) is 17.6 Å². The zero-order valence-corrected chi connectivity index (χ0v) is 11.1. The summed E-state index contributed by atoms with van der Waals surface area (Å²) in [5, 5.41) is 5.82. The molecule has 1 heterocycles. The third kappa shape index (κ3) is 3.05. The first kappa shape index (κ1) is 12.1. The van der Waals surface area contributed by atoms with Crippen LogP contribution in [0, 0.1) is 5.41 Å². The Hall–Kier alpha value is -0.410. The van der Waals surface area contributed by atoms with Crippen LogP contribution in [0.3, 0.4) is 0 Å². The van der Waals surface area contributed by atoms with Crippen LogP contribution < -0.4 is 5.32 Å².